The first-order valence-corrected chi connectivity index (χ1v) is 14.1. The van der Waals surface area contributed by atoms with E-state index >= 15 is 0 Å². The molecular weight excluding hydrogens is 564 g/mol. The Kier molecular flexibility index (Phi) is 8.11. The van der Waals surface area contributed by atoms with Crippen molar-refractivity contribution in [2.45, 2.75) is 19.6 Å². The third-order valence-electron chi connectivity index (χ3n) is 7.07. The van der Waals surface area contributed by atoms with Gasteiger partial charge in [-0.1, -0.05) is 66.2 Å². The van der Waals surface area contributed by atoms with Crippen molar-refractivity contribution in [3.63, 3.8) is 0 Å². The normalized spacial score (nSPS) is 11.0. The Bertz CT molecular complexity index is 1860. The molecule has 9 heteroatoms. The van der Waals surface area contributed by atoms with Gasteiger partial charge in [-0.15, -0.1) is 0 Å². The van der Waals surface area contributed by atoms with E-state index in [1.54, 1.807) is 31.0 Å². The van der Waals surface area contributed by atoms with Crippen molar-refractivity contribution in [3.8, 4) is 28.5 Å². The number of hydrogen-bond acceptors (Lipinski definition) is 6. The van der Waals surface area contributed by atoms with Crippen LogP contribution < -0.4 is 14.2 Å². The number of carbonyl (C=O) groups is 1. The molecule has 0 fully saturated rings. The fourth-order valence-electron chi connectivity index (χ4n) is 4.89. The predicted octanol–water partition coefficient (Wildman–Crippen LogP) is 7.15. The zero-order valence-electron chi connectivity index (χ0n) is 23.7. The molecule has 0 spiro atoms. The molecule has 0 aliphatic heterocycles. The Balaban J connectivity index is 1.42. The molecule has 43 heavy (non-hydrogen) atoms. The van der Waals surface area contributed by atoms with Gasteiger partial charge in [-0.25, -0.2) is 4.98 Å². The highest BCUT2D eigenvalue weighted by Crippen LogP contribution is 2.35. The number of benzene rings is 4. The van der Waals surface area contributed by atoms with Crippen molar-refractivity contribution >= 4 is 28.4 Å². The molecule has 6 rings (SSSR count). The van der Waals surface area contributed by atoms with Crippen LogP contribution in [0.2, 0.25) is 5.02 Å². The molecule has 0 bridgehead atoms. The molecule has 0 saturated carbocycles. The monoisotopic (exact) mass is 592 g/mol. The van der Waals surface area contributed by atoms with Crippen molar-refractivity contribution in [3.05, 3.63) is 125 Å². The maximum Gasteiger partial charge on any atom is 0.192 e. The lowest BCUT2D eigenvalue weighted by atomic mass is 10.1. The van der Waals surface area contributed by atoms with E-state index in [-0.39, 0.29) is 18.8 Å². The molecule has 8 nitrogen and oxygen atoms in total. The van der Waals surface area contributed by atoms with E-state index in [1.165, 1.54) is 0 Å². The molecule has 1 N–H and O–H groups in total. The van der Waals surface area contributed by atoms with Gasteiger partial charge in [0.15, 0.2) is 11.5 Å². The highest BCUT2D eigenvalue weighted by molar-refractivity contribution is 6.31. The third-order valence-corrected chi connectivity index (χ3v) is 7.31. The topological polar surface area (TPSA) is 91.3 Å². The standard InChI is InChI=1S/C34H29ClN4O4/c1-41-26-13-8-22(9-14-26)20-39-33(30(40)19-31-36-28-17-12-25(35)18-29(28)37-31)34(32(38-39)24-6-4-3-5-7-24)43-21-23-10-15-27(42-2)16-11-23/h3-18H,19-21H2,1-2H3,(H,36,37). The summed E-state index contributed by atoms with van der Waals surface area (Å²) in [6.45, 7) is 0.591. The second-order valence-corrected chi connectivity index (χ2v) is 10.4. The van der Waals surface area contributed by atoms with Gasteiger partial charge in [-0.05, 0) is 53.6 Å². The van der Waals surface area contributed by atoms with E-state index in [0.29, 0.717) is 34.5 Å². The second-order valence-electron chi connectivity index (χ2n) is 9.98. The molecule has 4 aromatic carbocycles. The van der Waals surface area contributed by atoms with Gasteiger partial charge in [-0.3, -0.25) is 9.48 Å². The van der Waals surface area contributed by atoms with Crippen LogP contribution >= 0.6 is 11.6 Å². The van der Waals surface area contributed by atoms with Crippen LogP contribution in [0.4, 0.5) is 0 Å². The molecule has 0 radical (unpaired) electrons. The number of hydrogen-bond donors (Lipinski definition) is 1. The number of imidazole rings is 1. The molecule has 0 amide bonds. The number of aromatic nitrogens is 4. The van der Waals surface area contributed by atoms with Crippen molar-refractivity contribution in [1.29, 1.82) is 0 Å². The van der Waals surface area contributed by atoms with Crippen LogP contribution in [-0.2, 0) is 19.6 Å². The third kappa shape index (κ3) is 6.24. The summed E-state index contributed by atoms with van der Waals surface area (Å²) in [6.07, 6.45) is 0.0216. The minimum absolute atomic E-state index is 0.0216. The maximum atomic E-state index is 14.2. The number of ether oxygens (including phenoxy) is 3. The fourth-order valence-corrected chi connectivity index (χ4v) is 5.06. The molecule has 2 heterocycles. The summed E-state index contributed by atoms with van der Waals surface area (Å²) in [7, 11) is 3.26. The second kappa shape index (κ2) is 12.4. The van der Waals surface area contributed by atoms with Crippen LogP contribution in [0.1, 0.15) is 27.4 Å². The highest BCUT2D eigenvalue weighted by atomic mass is 35.5. The van der Waals surface area contributed by atoms with Gasteiger partial charge >= 0.3 is 0 Å². The van der Waals surface area contributed by atoms with Gasteiger partial charge in [0.05, 0.1) is 38.2 Å². The summed E-state index contributed by atoms with van der Waals surface area (Å²) < 4.78 is 18.8. The van der Waals surface area contributed by atoms with Gasteiger partial charge in [-0.2, -0.15) is 5.10 Å². The molecule has 0 aliphatic rings. The summed E-state index contributed by atoms with van der Waals surface area (Å²) in [5, 5.41) is 5.54. The lowest BCUT2D eigenvalue weighted by molar-refractivity contribution is 0.0976. The van der Waals surface area contributed by atoms with E-state index in [2.05, 4.69) is 9.97 Å². The van der Waals surface area contributed by atoms with Crippen LogP contribution in [0.25, 0.3) is 22.3 Å². The fraction of sp³-hybridized carbons (Fsp3) is 0.147. The number of aromatic amines is 1. The van der Waals surface area contributed by atoms with Gasteiger partial charge in [0.2, 0.25) is 0 Å². The summed E-state index contributed by atoms with van der Waals surface area (Å²) in [5.74, 6) is 2.27. The number of methoxy groups -OCH3 is 2. The van der Waals surface area contributed by atoms with E-state index in [4.69, 9.17) is 30.9 Å². The number of nitrogens with one attached hydrogen (secondary N) is 1. The number of halogens is 1. The number of ketones is 1. The first-order valence-electron chi connectivity index (χ1n) is 13.7. The first kappa shape index (κ1) is 28.1. The minimum atomic E-state index is -0.182. The van der Waals surface area contributed by atoms with Gasteiger partial charge in [0, 0.05) is 10.6 Å². The molecule has 0 saturated heterocycles. The highest BCUT2D eigenvalue weighted by Gasteiger charge is 2.27. The van der Waals surface area contributed by atoms with Crippen molar-refractivity contribution in [2.24, 2.45) is 0 Å². The van der Waals surface area contributed by atoms with Crippen LogP contribution in [0, 0.1) is 0 Å². The molecule has 216 valence electrons. The molecule has 6 aromatic rings. The van der Waals surface area contributed by atoms with Crippen LogP contribution in [0.3, 0.4) is 0 Å². The molecule has 0 atom stereocenters. The number of nitrogens with zero attached hydrogens (tertiary/aromatic N) is 3. The van der Waals surface area contributed by atoms with Crippen molar-refractivity contribution < 1.29 is 19.0 Å². The number of Topliss-reactive ketones (excluding diaryl/α,β-unsaturated/α-hetero) is 1. The molecular formula is C34H29ClN4O4. The Hall–Kier alpha value is -5.08. The zero-order valence-corrected chi connectivity index (χ0v) is 24.5. The molecule has 2 aromatic heterocycles. The van der Waals surface area contributed by atoms with Gasteiger partial charge in [0.25, 0.3) is 0 Å². The Labute approximate surface area is 253 Å². The Morgan fingerprint density at radius 2 is 1.53 bits per heavy atom. The lowest BCUT2D eigenvalue weighted by Gasteiger charge is -2.11. The maximum absolute atomic E-state index is 14.2. The lowest BCUT2D eigenvalue weighted by Crippen LogP contribution is -2.15. The quantitative estimate of drug-likeness (QED) is 0.161. The largest absolute Gasteiger partial charge is 0.497 e. The van der Waals surface area contributed by atoms with E-state index in [9.17, 15) is 4.79 Å². The number of carbonyl (C=O) groups excluding carboxylic acids is 1. The Morgan fingerprint density at radius 1 is 0.860 bits per heavy atom. The van der Waals surface area contributed by atoms with Crippen LogP contribution in [0.15, 0.2) is 97.1 Å². The average Bonchev–Trinajstić information content (AvgIpc) is 3.61. The first-order chi connectivity index (χ1) is 21.0. The summed E-state index contributed by atoms with van der Waals surface area (Å²) >= 11 is 6.17. The van der Waals surface area contributed by atoms with E-state index in [1.807, 2.05) is 84.9 Å². The summed E-state index contributed by atoms with van der Waals surface area (Å²) in [5.41, 5.74) is 5.17. The number of fused-ring (bicyclic) bond motifs is 1. The zero-order chi connectivity index (χ0) is 29.8. The van der Waals surface area contributed by atoms with Crippen molar-refractivity contribution in [2.75, 3.05) is 14.2 Å². The predicted molar refractivity (Wildman–Crippen MR) is 166 cm³/mol. The SMILES string of the molecule is COc1ccc(COc2c(-c3ccccc3)nn(Cc3ccc(OC)cc3)c2C(=O)Cc2nc3ccc(Cl)cc3[nH]2)cc1. The van der Waals surface area contributed by atoms with Crippen LogP contribution in [0.5, 0.6) is 17.2 Å². The van der Waals surface area contributed by atoms with Gasteiger partial charge in [0.1, 0.15) is 35.3 Å². The van der Waals surface area contributed by atoms with E-state index in [0.717, 1.165) is 39.2 Å². The molecule has 0 aliphatic carbocycles. The number of H-pyrrole nitrogens is 1. The number of rotatable bonds is 11. The smallest absolute Gasteiger partial charge is 0.192 e. The Morgan fingerprint density at radius 3 is 2.21 bits per heavy atom. The molecule has 0 unspecified atom stereocenters. The van der Waals surface area contributed by atoms with Gasteiger partial charge < -0.3 is 19.2 Å². The average molecular weight is 593 g/mol. The van der Waals surface area contributed by atoms with E-state index < -0.39 is 0 Å². The summed E-state index contributed by atoms with van der Waals surface area (Å²) in [4.78, 5) is 22.0. The van der Waals surface area contributed by atoms with Crippen molar-refractivity contribution in [1.82, 2.24) is 19.7 Å². The van der Waals surface area contributed by atoms with Crippen LogP contribution in [-0.4, -0.2) is 39.8 Å². The minimum Gasteiger partial charge on any atom is -0.497 e. The summed E-state index contributed by atoms with van der Waals surface area (Å²) in [6, 6.07) is 30.4.